The number of hydrogen-bond acceptors (Lipinski definition) is 10. The van der Waals surface area contributed by atoms with Crippen molar-refractivity contribution in [3.63, 3.8) is 0 Å². The first kappa shape index (κ1) is 28.9. The van der Waals surface area contributed by atoms with E-state index in [0.29, 0.717) is 24.3 Å². The van der Waals surface area contributed by atoms with Crippen LogP contribution in [-0.4, -0.2) is 90.4 Å². The number of esters is 2. The number of piperidine rings is 1. The molecule has 41 heavy (non-hydrogen) atoms. The third-order valence-electron chi connectivity index (χ3n) is 8.93. The monoisotopic (exact) mass is 571 g/mol. The molecule has 4 aliphatic rings. The maximum atomic E-state index is 13.1. The van der Waals surface area contributed by atoms with Gasteiger partial charge in [-0.2, -0.15) is 0 Å². The molecule has 2 amide bonds. The predicted octanol–water partition coefficient (Wildman–Crippen LogP) is 0.477. The maximum Gasteiger partial charge on any atom is 0.352 e. The van der Waals surface area contributed by atoms with Crippen LogP contribution in [0.5, 0.6) is 11.5 Å². The summed E-state index contributed by atoms with van der Waals surface area (Å²) in [6, 6.07) is 1.80. The van der Waals surface area contributed by atoms with E-state index in [0.717, 1.165) is 17.7 Å². The van der Waals surface area contributed by atoms with Crippen molar-refractivity contribution < 1.29 is 43.2 Å². The van der Waals surface area contributed by atoms with Crippen molar-refractivity contribution in [3.05, 3.63) is 35.1 Å². The van der Waals surface area contributed by atoms with Gasteiger partial charge in [0.05, 0.1) is 18.1 Å². The number of amides is 2. The smallest absolute Gasteiger partial charge is 0.352 e. The van der Waals surface area contributed by atoms with Crippen LogP contribution in [0.2, 0.25) is 0 Å². The number of methoxy groups -OCH3 is 1. The summed E-state index contributed by atoms with van der Waals surface area (Å²) in [5.41, 5.74) is -0.00298. The van der Waals surface area contributed by atoms with Crippen LogP contribution in [0.1, 0.15) is 51.7 Å². The first-order chi connectivity index (χ1) is 19.3. The molecule has 1 spiro atoms. The van der Waals surface area contributed by atoms with Gasteiger partial charge in [0.1, 0.15) is 17.8 Å². The Hall–Kier alpha value is -3.64. The lowest BCUT2D eigenvalue weighted by atomic mass is 9.50. The van der Waals surface area contributed by atoms with Crippen molar-refractivity contribution in [2.75, 3.05) is 20.7 Å². The minimum atomic E-state index is -1.29. The highest BCUT2D eigenvalue weighted by Crippen LogP contribution is 2.65. The van der Waals surface area contributed by atoms with Crippen LogP contribution < -0.4 is 20.1 Å². The number of rotatable bonds is 8. The van der Waals surface area contributed by atoms with Crippen molar-refractivity contribution in [2.45, 2.75) is 88.3 Å². The highest BCUT2D eigenvalue weighted by Gasteiger charge is 2.72. The second-order valence-electron chi connectivity index (χ2n) is 11.4. The molecule has 2 aliphatic carbocycles. The van der Waals surface area contributed by atoms with Crippen LogP contribution in [0, 0.1) is 0 Å². The summed E-state index contributed by atoms with van der Waals surface area (Å²) in [6.07, 6.45) is 1.12. The summed E-state index contributed by atoms with van der Waals surface area (Å²) < 4.78 is 23.2. The molecule has 2 heterocycles. The Kier molecular flexibility index (Phi) is 7.27. The van der Waals surface area contributed by atoms with E-state index in [9.17, 15) is 24.3 Å². The largest absolute Gasteiger partial charge is 0.493 e. The number of ether oxygens (including phenoxy) is 4. The molecule has 2 bridgehead atoms. The fourth-order valence-electron chi connectivity index (χ4n) is 6.88. The van der Waals surface area contributed by atoms with Crippen LogP contribution in [0.25, 0.3) is 0 Å². The van der Waals surface area contributed by atoms with Crippen LogP contribution in [0.3, 0.4) is 0 Å². The summed E-state index contributed by atoms with van der Waals surface area (Å²) in [5, 5.41) is 17.2. The quantitative estimate of drug-likeness (QED) is 0.376. The van der Waals surface area contributed by atoms with Gasteiger partial charge in [-0.05, 0) is 64.9 Å². The molecule has 5 rings (SSSR count). The van der Waals surface area contributed by atoms with Crippen LogP contribution in [0.15, 0.2) is 24.0 Å². The Morgan fingerprint density at radius 1 is 1.12 bits per heavy atom. The van der Waals surface area contributed by atoms with Gasteiger partial charge in [-0.1, -0.05) is 6.07 Å². The molecule has 7 atom stereocenters. The Morgan fingerprint density at radius 3 is 2.54 bits per heavy atom. The molecule has 12 nitrogen and oxygen atoms in total. The molecule has 1 aromatic carbocycles. The summed E-state index contributed by atoms with van der Waals surface area (Å²) >= 11 is 0. The van der Waals surface area contributed by atoms with Crippen LogP contribution in [0.4, 0.5) is 0 Å². The number of carbonyl (C=O) groups is 4. The fourth-order valence-corrected chi connectivity index (χ4v) is 6.88. The predicted molar refractivity (Wildman–Crippen MR) is 144 cm³/mol. The number of carbonyl (C=O) groups excluding carboxylic acids is 4. The van der Waals surface area contributed by atoms with Crippen LogP contribution >= 0.6 is 0 Å². The number of nitrogens with zero attached hydrogens (tertiary/aromatic N) is 1. The van der Waals surface area contributed by atoms with E-state index < -0.39 is 53.2 Å². The van der Waals surface area contributed by atoms with E-state index in [4.69, 9.17) is 18.9 Å². The van der Waals surface area contributed by atoms with Gasteiger partial charge in [-0.3, -0.25) is 9.59 Å². The Balaban J connectivity index is 1.33. The number of benzene rings is 1. The van der Waals surface area contributed by atoms with Gasteiger partial charge in [0.15, 0.2) is 23.7 Å². The Labute approximate surface area is 238 Å². The van der Waals surface area contributed by atoms with Crippen LogP contribution in [-0.2, 0) is 40.5 Å². The van der Waals surface area contributed by atoms with E-state index in [-0.39, 0.29) is 24.1 Å². The number of likely N-dealkylation sites (tertiary alicyclic amines) is 1. The standard InChI is InChI=1S/C29H37N3O9/c1-14(30-17(4)33)25(34)31-15(2)26(35)39-16(3)27(36)40-20-9-10-29(37)21-13-18-7-8-19(38-6)23-22(18)28(29,24(20)41-23)11-12-32(21)5/h7-9,14-16,21,24,37H,10-13H2,1-6H3,(H,30,33)(H,31,34)/t14-,15-,16-,21+,24-,28-,29+/m0/s1. The third-order valence-corrected chi connectivity index (χ3v) is 8.93. The highest BCUT2D eigenvalue weighted by atomic mass is 16.6. The number of aliphatic hydroxyl groups is 1. The first-order valence-electron chi connectivity index (χ1n) is 13.8. The minimum absolute atomic E-state index is 0.146. The SMILES string of the molecule is COc1ccc2c3c1O[C@H]1C(OC(=O)[C@H](C)OC(=O)[C@H](C)NC(=O)[C@H](C)NC(C)=O)=CC[C@@]4(O)[C@@H](C2)N(C)CC[C@]314. The average Bonchev–Trinajstić information content (AvgIpc) is 3.27. The molecular formula is C29H37N3O9. The maximum absolute atomic E-state index is 13.1. The molecule has 3 N–H and O–H groups in total. The number of hydrogen-bond donors (Lipinski definition) is 3. The van der Waals surface area contributed by atoms with Crippen molar-refractivity contribution in [2.24, 2.45) is 0 Å². The zero-order valence-corrected chi connectivity index (χ0v) is 24.1. The van der Waals surface area contributed by atoms with Gasteiger partial charge >= 0.3 is 11.9 Å². The van der Waals surface area contributed by atoms with Gasteiger partial charge in [0, 0.05) is 24.9 Å². The summed E-state index contributed by atoms with van der Waals surface area (Å²) in [4.78, 5) is 51.3. The number of nitrogens with one attached hydrogen (secondary N) is 2. The Bertz CT molecular complexity index is 1330. The Morgan fingerprint density at radius 2 is 1.85 bits per heavy atom. The zero-order chi connectivity index (χ0) is 29.9. The number of likely N-dealkylation sites (N-methyl/N-ethyl adjacent to an activating group) is 1. The lowest BCUT2D eigenvalue weighted by Gasteiger charge is -2.61. The molecule has 0 unspecified atom stereocenters. The second kappa shape index (κ2) is 10.3. The van der Waals surface area contributed by atoms with E-state index in [1.165, 1.54) is 27.7 Å². The molecule has 2 aliphatic heterocycles. The van der Waals surface area contributed by atoms with Crippen molar-refractivity contribution >= 4 is 23.8 Å². The molecule has 1 saturated heterocycles. The van der Waals surface area contributed by atoms with Gasteiger partial charge < -0.3 is 39.6 Å². The van der Waals surface area contributed by atoms with E-state index in [1.54, 1.807) is 13.2 Å². The third kappa shape index (κ3) is 4.44. The molecule has 0 radical (unpaired) electrons. The summed E-state index contributed by atoms with van der Waals surface area (Å²) in [5.74, 6) is -1.27. The van der Waals surface area contributed by atoms with Gasteiger partial charge in [0.2, 0.25) is 11.8 Å². The molecule has 1 aromatic rings. The molecule has 1 fully saturated rings. The van der Waals surface area contributed by atoms with Crippen molar-refractivity contribution in [1.29, 1.82) is 0 Å². The topological polar surface area (TPSA) is 153 Å². The molecule has 0 aromatic heterocycles. The molecule has 0 saturated carbocycles. The average molecular weight is 572 g/mol. The summed E-state index contributed by atoms with van der Waals surface area (Å²) in [6.45, 7) is 6.28. The zero-order valence-electron chi connectivity index (χ0n) is 24.1. The molecule has 12 heteroatoms. The fraction of sp³-hybridized carbons (Fsp3) is 0.586. The first-order valence-corrected chi connectivity index (χ1v) is 13.8. The molecular weight excluding hydrogens is 534 g/mol. The van der Waals surface area contributed by atoms with E-state index >= 15 is 0 Å². The van der Waals surface area contributed by atoms with E-state index in [2.05, 4.69) is 15.5 Å². The lowest BCUT2D eigenvalue weighted by Crippen LogP contribution is -2.74. The molecule has 222 valence electrons. The highest BCUT2D eigenvalue weighted by molar-refractivity contribution is 5.90. The lowest BCUT2D eigenvalue weighted by molar-refractivity contribution is -0.176. The van der Waals surface area contributed by atoms with Gasteiger partial charge in [-0.25, -0.2) is 9.59 Å². The van der Waals surface area contributed by atoms with Crippen molar-refractivity contribution in [1.82, 2.24) is 15.5 Å². The van der Waals surface area contributed by atoms with Gasteiger partial charge in [0.25, 0.3) is 0 Å². The summed E-state index contributed by atoms with van der Waals surface area (Å²) in [7, 11) is 3.57. The van der Waals surface area contributed by atoms with Crippen molar-refractivity contribution in [3.8, 4) is 11.5 Å². The van der Waals surface area contributed by atoms with Gasteiger partial charge in [-0.15, -0.1) is 0 Å². The van der Waals surface area contributed by atoms with E-state index in [1.807, 2.05) is 19.2 Å². The minimum Gasteiger partial charge on any atom is -0.493 e. The normalized spacial score (nSPS) is 29.5. The second-order valence-corrected chi connectivity index (χ2v) is 11.4.